The van der Waals surface area contributed by atoms with E-state index in [1.165, 1.54) is 42.7 Å². The summed E-state index contributed by atoms with van der Waals surface area (Å²) in [7, 11) is 1.29. The van der Waals surface area contributed by atoms with Crippen molar-refractivity contribution in [2.45, 2.75) is 20.3 Å². The van der Waals surface area contributed by atoms with Gasteiger partial charge in [0, 0.05) is 17.0 Å². The highest BCUT2D eigenvalue weighted by Gasteiger charge is 2.23. The molecule has 1 aromatic carbocycles. The molecule has 138 valence electrons. The van der Waals surface area contributed by atoms with Gasteiger partial charge in [-0.05, 0) is 31.0 Å². The number of amides is 1. The molecule has 0 aliphatic rings. The van der Waals surface area contributed by atoms with Crippen LogP contribution in [0.5, 0.6) is 5.75 Å². The molecular weight excluding hydrogens is 360 g/mol. The number of nitro groups is 1. The molecule has 2 rings (SSSR count). The van der Waals surface area contributed by atoms with Crippen LogP contribution in [-0.4, -0.2) is 30.5 Å². The van der Waals surface area contributed by atoms with Gasteiger partial charge in [-0.25, -0.2) is 4.79 Å². The standard InChI is InChI=1S/C17H18N2O6S/c1-4-13-10(2)26-16(15(13)17(21)24-3)18-14(20)9-25-12-7-5-11(6-8-12)19(22)23/h5-8H,4,9H2,1-3H3,(H,18,20). The third-order valence-electron chi connectivity index (χ3n) is 3.62. The minimum Gasteiger partial charge on any atom is -0.484 e. The number of rotatable bonds is 7. The van der Waals surface area contributed by atoms with E-state index in [0.29, 0.717) is 22.7 Å². The topological polar surface area (TPSA) is 108 Å². The molecule has 1 N–H and O–H groups in total. The molecule has 9 heteroatoms. The molecule has 1 heterocycles. The predicted octanol–water partition coefficient (Wildman–Crippen LogP) is 3.33. The van der Waals surface area contributed by atoms with Crippen LogP contribution in [-0.2, 0) is 16.0 Å². The second-order valence-corrected chi connectivity index (χ2v) is 6.50. The maximum atomic E-state index is 12.1. The van der Waals surface area contributed by atoms with Crippen LogP contribution in [0.1, 0.15) is 27.7 Å². The number of esters is 1. The van der Waals surface area contributed by atoms with Crippen molar-refractivity contribution in [3.8, 4) is 5.75 Å². The van der Waals surface area contributed by atoms with E-state index in [0.717, 1.165) is 10.4 Å². The van der Waals surface area contributed by atoms with Gasteiger partial charge in [-0.3, -0.25) is 14.9 Å². The summed E-state index contributed by atoms with van der Waals surface area (Å²) in [6, 6.07) is 5.41. The summed E-state index contributed by atoms with van der Waals surface area (Å²) < 4.78 is 10.1. The summed E-state index contributed by atoms with van der Waals surface area (Å²) in [6.07, 6.45) is 0.641. The molecule has 0 aliphatic carbocycles. The summed E-state index contributed by atoms with van der Waals surface area (Å²) in [4.78, 5) is 35.2. The first-order valence-electron chi connectivity index (χ1n) is 7.75. The SMILES string of the molecule is CCc1c(C)sc(NC(=O)COc2ccc([N+](=O)[O-])cc2)c1C(=O)OC. The molecule has 0 unspecified atom stereocenters. The summed E-state index contributed by atoms with van der Waals surface area (Å²) >= 11 is 1.30. The highest BCUT2D eigenvalue weighted by molar-refractivity contribution is 7.16. The largest absolute Gasteiger partial charge is 0.484 e. The Morgan fingerprint density at radius 3 is 2.46 bits per heavy atom. The summed E-state index contributed by atoms with van der Waals surface area (Å²) in [5.41, 5.74) is 1.14. The van der Waals surface area contributed by atoms with E-state index in [9.17, 15) is 19.7 Å². The first-order chi connectivity index (χ1) is 12.4. The second kappa shape index (κ2) is 8.43. The Kier molecular flexibility index (Phi) is 6.29. The van der Waals surface area contributed by atoms with E-state index in [1.54, 1.807) is 0 Å². The molecule has 0 saturated heterocycles. The summed E-state index contributed by atoms with van der Waals surface area (Å²) in [6.45, 7) is 3.50. The first-order valence-corrected chi connectivity index (χ1v) is 8.56. The van der Waals surface area contributed by atoms with Crippen molar-refractivity contribution in [2.75, 3.05) is 19.0 Å². The van der Waals surface area contributed by atoms with Gasteiger partial charge in [0.15, 0.2) is 6.61 Å². The summed E-state index contributed by atoms with van der Waals surface area (Å²) in [5.74, 6) is -0.620. The van der Waals surface area contributed by atoms with Crippen molar-refractivity contribution in [2.24, 2.45) is 0 Å². The Morgan fingerprint density at radius 2 is 1.92 bits per heavy atom. The third-order valence-corrected chi connectivity index (χ3v) is 4.69. The molecule has 0 spiro atoms. The van der Waals surface area contributed by atoms with Crippen molar-refractivity contribution in [1.82, 2.24) is 0 Å². The maximum Gasteiger partial charge on any atom is 0.341 e. The number of thiophene rings is 1. The Hall–Kier alpha value is -2.94. The number of carbonyl (C=O) groups excluding carboxylic acids is 2. The molecule has 8 nitrogen and oxygen atoms in total. The first kappa shape index (κ1) is 19.4. The monoisotopic (exact) mass is 378 g/mol. The lowest BCUT2D eigenvalue weighted by atomic mass is 10.1. The van der Waals surface area contributed by atoms with Crippen LogP contribution in [0.25, 0.3) is 0 Å². The maximum absolute atomic E-state index is 12.1. The number of benzene rings is 1. The van der Waals surface area contributed by atoms with Gasteiger partial charge in [0.1, 0.15) is 10.8 Å². The third kappa shape index (κ3) is 4.37. The van der Waals surface area contributed by atoms with Crippen LogP contribution >= 0.6 is 11.3 Å². The van der Waals surface area contributed by atoms with Gasteiger partial charge >= 0.3 is 5.97 Å². The molecular formula is C17H18N2O6S. The van der Waals surface area contributed by atoms with Crippen LogP contribution in [0.3, 0.4) is 0 Å². The number of aryl methyl sites for hydroxylation is 1. The minimum absolute atomic E-state index is 0.0642. The van der Waals surface area contributed by atoms with Gasteiger partial charge in [-0.1, -0.05) is 6.92 Å². The fourth-order valence-electron chi connectivity index (χ4n) is 2.39. The molecule has 0 bridgehead atoms. The Bertz CT molecular complexity index is 829. The zero-order valence-electron chi connectivity index (χ0n) is 14.5. The lowest BCUT2D eigenvalue weighted by Crippen LogP contribution is -2.21. The highest BCUT2D eigenvalue weighted by atomic mass is 32.1. The highest BCUT2D eigenvalue weighted by Crippen LogP contribution is 2.34. The number of nitrogens with one attached hydrogen (secondary N) is 1. The predicted molar refractivity (Wildman–Crippen MR) is 97.0 cm³/mol. The number of nitro benzene ring substituents is 1. The van der Waals surface area contributed by atoms with Gasteiger partial charge in [0.25, 0.3) is 11.6 Å². The van der Waals surface area contributed by atoms with Crippen LogP contribution in [0.15, 0.2) is 24.3 Å². The van der Waals surface area contributed by atoms with E-state index in [4.69, 9.17) is 9.47 Å². The quantitative estimate of drug-likeness (QED) is 0.450. The Balaban J connectivity index is 2.06. The van der Waals surface area contributed by atoms with E-state index >= 15 is 0 Å². The lowest BCUT2D eigenvalue weighted by molar-refractivity contribution is -0.384. The van der Waals surface area contributed by atoms with Gasteiger partial charge < -0.3 is 14.8 Å². The Labute approximate surface area is 153 Å². The van der Waals surface area contributed by atoms with Gasteiger partial charge in [-0.2, -0.15) is 0 Å². The van der Waals surface area contributed by atoms with Gasteiger partial charge in [0.05, 0.1) is 17.6 Å². The van der Waals surface area contributed by atoms with Crippen LogP contribution in [0.4, 0.5) is 10.7 Å². The van der Waals surface area contributed by atoms with Crippen molar-refractivity contribution < 1.29 is 24.0 Å². The zero-order chi connectivity index (χ0) is 19.3. The molecule has 26 heavy (non-hydrogen) atoms. The van der Waals surface area contributed by atoms with Crippen LogP contribution in [0, 0.1) is 17.0 Å². The number of ether oxygens (including phenoxy) is 2. The molecule has 0 aliphatic heterocycles. The normalized spacial score (nSPS) is 10.3. The fraction of sp³-hybridized carbons (Fsp3) is 0.294. The molecule has 0 saturated carbocycles. The van der Waals surface area contributed by atoms with E-state index in [1.807, 2.05) is 13.8 Å². The average Bonchev–Trinajstić information content (AvgIpc) is 2.94. The van der Waals surface area contributed by atoms with Crippen molar-refractivity contribution >= 4 is 33.9 Å². The molecule has 1 amide bonds. The van der Waals surface area contributed by atoms with Crippen molar-refractivity contribution in [3.63, 3.8) is 0 Å². The second-order valence-electron chi connectivity index (χ2n) is 5.27. The number of carbonyl (C=O) groups is 2. The van der Waals surface area contributed by atoms with Crippen LogP contribution < -0.4 is 10.1 Å². The van der Waals surface area contributed by atoms with Crippen molar-refractivity contribution in [3.05, 3.63) is 50.4 Å². The molecule has 0 radical (unpaired) electrons. The number of non-ortho nitro benzene ring substituents is 1. The van der Waals surface area contributed by atoms with E-state index in [2.05, 4.69) is 5.32 Å². The molecule has 1 aromatic heterocycles. The minimum atomic E-state index is -0.519. The lowest BCUT2D eigenvalue weighted by Gasteiger charge is -2.08. The smallest absolute Gasteiger partial charge is 0.341 e. The number of methoxy groups -OCH3 is 1. The molecule has 0 fully saturated rings. The number of hydrogen-bond acceptors (Lipinski definition) is 7. The molecule has 2 aromatic rings. The summed E-state index contributed by atoms with van der Waals surface area (Å²) in [5, 5.41) is 13.7. The van der Waals surface area contributed by atoms with Crippen molar-refractivity contribution in [1.29, 1.82) is 0 Å². The number of hydrogen-bond donors (Lipinski definition) is 1. The Morgan fingerprint density at radius 1 is 1.27 bits per heavy atom. The molecule has 0 atom stereocenters. The van der Waals surface area contributed by atoms with Gasteiger partial charge in [-0.15, -0.1) is 11.3 Å². The van der Waals surface area contributed by atoms with Crippen LogP contribution in [0.2, 0.25) is 0 Å². The van der Waals surface area contributed by atoms with E-state index < -0.39 is 16.8 Å². The zero-order valence-corrected chi connectivity index (χ0v) is 15.3. The number of nitrogens with zero attached hydrogens (tertiary/aromatic N) is 1. The fourth-order valence-corrected chi connectivity index (χ4v) is 3.54. The number of anilines is 1. The van der Waals surface area contributed by atoms with Gasteiger partial charge in [0.2, 0.25) is 0 Å². The average molecular weight is 378 g/mol. The van der Waals surface area contributed by atoms with E-state index in [-0.39, 0.29) is 12.3 Å².